The smallest absolute Gasteiger partial charge is 0.123 e. The average molecular weight is 206 g/mol. The first kappa shape index (κ1) is 12.2. The number of hydrogen-bond donors (Lipinski definition) is 1. The minimum Gasteiger partial charge on any atom is -0.496 e. The molecule has 0 unspecified atom stereocenters. The van der Waals surface area contributed by atoms with Gasteiger partial charge in [-0.2, -0.15) is 0 Å². The lowest BCUT2D eigenvalue weighted by Gasteiger charge is -2.10. The minimum atomic E-state index is -0.289. The van der Waals surface area contributed by atoms with Crippen molar-refractivity contribution in [1.82, 2.24) is 0 Å². The summed E-state index contributed by atoms with van der Waals surface area (Å²) in [6, 6.07) is 4.11. The summed E-state index contributed by atoms with van der Waals surface area (Å²) >= 11 is 0. The van der Waals surface area contributed by atoms with Crippen molar-refractivity contribution in [2.75, 3.05) is 7.11 Å². The molecule has 2 nitrogen and oxygen atoms in total. The molecule has 0 aliphatic rings. The fraction of sp³-hybridized carbons (Fsp3) is 0.333. The van der Waals surface area contributed by atoms with Crippen LogP contribution >= 0.6 is 12.4 Å². The molecule has 74 valence electrons. The maximum atomic E-state index is 12.7. The summed E-state index contributed by atoms with van der Waals surface area (Å²) in [5.74, 6) is 0.342. The molecule has 1 atom stereocenters. The second-order valence-corrected chi connectivity index (χ2v) is 2.67. The molecule has 0 radical (unpaired) electrons. The van der Waals surface area contributed by atoms with Gasteiger partial charge in [0.1, 0.15) is 11.6 Å². The molecule has 1 aromatic carbocycles. The Morgan fingerprint density at radius 3 is 2.54 bits per heavy atom. The molecule has 0 fully saturated rings. The highest BCUT2D eigenvalue weighted by atomic mass is 35.5. The van der Waals surface area contributed by atoms with Crippen molar-refractivity contribution in [3.8, 4) is 5.75 Å². The van der Waals surface area contributed by atoms with E-state index in [1.54, 1.807) is 20.1 Å². The molecule has 0 aliphatic heterocycles. The molecule has 0 amide bonds. The molecule has 2 N–H and O–H groups in total. The average Bonchev–Trinajstić information content (AvgIpc) is 2.04. The Hall–Kier alpha value is -0.800. The van der Waals surface area contributed by atoms with E-state index in [4.69, 9.17) is 10.5 Å². The third kappa shape index (κ3) is 2.86. The van der Waals surface area contributed by atoms with Crippen LogP contribution in [0.15, 0.2) is 18.2 Å². The summed E-state index contributed by atoms with van der Waals surface area (Å²) < 4.78 is 17.7. The lowest BCUT2D eigenvalue weighted by Crippen LogP contribution is -2.07. The highest BCUT2D eigenvalue weighted by molar-refractivity contribution is 5.85. The van der Waals surface area contributed by atoms with Crippen molar-refractivity contribution in [1.29, 1.82) is 0 Å². The highest BCUT2D eigenvalue weighted by Gasteiger charge is 2.07. The minimum absolute atomic E-state index is 0. The van der Waals surface area contributed by atoms with Gasteiger partial charge in [0.05, 0.1) is 7.11 Å². The first-order chi connectivity index (χ1) is 5.65. The van der Waals surface area contributed by atoms with Gasteiger partial charge in [0, 0.05) is 11.6 Å². The summed E-state index contributed by atoms with van der Waals surface area (Å²) in [6.07, 6.45) is 0. The van der Waals surface area contributed by atoms with Gasteiger partial charge in [-0.15, -0.1) is 12.4 Å². The van der Waals surface area contributed by atoms with E-state index in [1.807, 2.05) is 0 Å². The Labute approximate surface area is 83.3 Å². The number of hydrogen-bond acceptors (Lipinski definition) is 2. The second kappa shape index (κ2) is 5.04. The maximum absolute atomic E-state index is 12.7. The van der Waals surface area contributed by atoms with E-state index in [0.29, 0.717) is 11.3 Å². The van der Waals surface area contributed by atoms with Gasteiger partial charge in [-0.1, -0.05) is 0 Å². The largest absolute Gasteiger partial charge is 0.496 e. The molecule has 0 saturated heterocycles. The highest BCUT2D eigenvalue weighted by Crippen LogP contribution is 2.23. The van der Waals surface area contributed by atoms with Crippen LogP contribution in [-0.4, -0.2) is 7.11 Å². The predicted molar refractivity (Wildman–Crippen MR) is 52.8 cm³/mol. The van der Waals surface area contributed by atoms with Crippen molar-refractivity contribution in [3.63, 3.8) is 0 Å². The van der Waals surface area contributed by atoms with E-state index in [2.05, 4.69) is 0 Å². The van der Waals surface area contributed by atoms with E-state index in [1.165, 1.54) is 12.1 Å². The summed E-state index contributed by atoms with van der Waals surface area (Å²) in [5.41, 5.74) is 6.30. The van der Waals surface area contributed by atoms with E-state index < -0.39 is 0 Å². The zero-order valence-electron chi connectivity index (χ0n) is 7.58. The number of halogens is 2. The molecule has 0 aromatic heterocycles. The van der Waals surface area contributed by atoms with Gasteiger partial charge < -0.3 is 10.5 Å². The second-order valence-electron chi connectivity index (χ2n) is 2.67. The Morgan fingerprint density at radius 2 is 2.08 bits per heavy atom. The standard InChI is InChI=1S/C9H12FNO.ClH/c1-6(11)8-5-7(10)3-4-9(8)12-2;/h3-6H,11H2,1-2H3;1H/t6-;/m0./s1. The monoisotopic (exact) mass is 205 g/mol. The summed E-state index contributed by atoms with van der Waals surface area (Å²) in [6.45, 7) is 1.79. The molecule has 1 rings (SSSR count). The van der Waals surface area contributed by atoms with Crippen molar-refractivity contribution in [2.24, 2.45) is 5.73 Å². The quantitative estimate of drug-likeness (QED) is 0.804. The zero-order valence-corrected chi connectivity index (χ0v) is 8.40. The zero-order chi connectivity index (χ0) is 9.14. The van der Waals surface area contributed by atoms with Gasteiger partial charge >= 0.3 is 0 Å². The Balaban J connectivity index is 0.00000144. The van der Waals surface area contributed by atoms with Crippen LogP contribution in [-0.2, 0) is 0 Å². The number of rotatable bonds is 2. The molecule has 4 heteroatoms. The van der Waals surface area contributed by atoms with Crippen molar-refractivity contribution in [3.05, 3.63) is 29.6 Å². The number of benzene rings is 1. The van der Waals surface area contributed by atoms with Crippen LogP contribution in [0.1, 0.15) is 18.5 Å². The molecule has 1 aromatic rings. The molecule has 0 saturated carbocycles. The predicted octanol–water partition coefficient (Wildman–Crippen LogP) is 2.28. The maximum Gasteiger partial charge on any atom is 0.123 e. The number of methoxy groups -OCH3 is 1. The normalized spacial score (nSPS) is 11.7. The molecular weight excluding hydrogens is 193 g/mol. The van der Waals surface area contributed by atoms with Gasteiger partial charge in [-0.25, -0.2) is 4.39 Å². The number of ether oxygens (including phenoxy) is 1. The molecular formula is C9H13ClFNO. The van der Waals surface area contributed by atoms with Crippen LogP contribution in [0.2, 0.25) is 0 Å². The van der Waals surface area contributed by atoms with Crippen molar-refractivity contribution < 1.29 is 9.13 Å². The summed E-state index contributed by atoms with van der Waals surface area (Å²) in [4.78, 5) is 0. The molecule has 0 bridgehead atoms. The Kier molecular flexibility index (Phi) is 4.73. The van der Waals surface area contributed by atoms with E-state index in [-0.39, 0.29) is 24.3 Å². The number of nitrogens with two attached hydrogens (primary N) is 1. The summed E-state index contributed by atoms with van der Waals surface area (Å²) in [5, 5.41) is 0. The van der Waals surface area contributed by atoms with E-state index >= 15 is 0 Å². The van der Waals surface area contributed by atoms with Crippen LogP contribution in [0.5, 0.6) is 5.75 Å². The molecule has 0 aliphatic carbocycles. The topological polar surface area (TPSA) is 35.2 Å². The fourth-order valence-electron chi connectivity index (χ4n) is 1.06. The van der Waals surface area contributed by atoms with Crippen LogP contribution in [0, 0.1) is 5.82 Å². The van der Waals surface area contributed by atoms with E-state index in [0.717, 1.165) is 0 Å². The van der Waals surface area contributed by atoms with Gasteiger partial charge in [-0.3, -0.25) is 0 Å². The SMILES string of the molecule is COc1ccc(F)cc1[C@H](C)N.Cl. The Bertz CT molecular complexity index is 278. The van der Waals surface area contributed by atoms with Gasteiger partial charge in [-0.05, 0) is 25.1 Å². The lowest BCUT2D eigenvalue weighted by atomic mass is 10.1. The molecule has 0 heterocycles. The summed E-state index contributed by atoms with van der Waals surface area (Å²) in [7, 11) is 1.54. The fourth-order valence-corrected chi connectivity index (χ4v) is 1.06. The van der Waals surface area contributed by atoms with Crippen LogP contribution in [0.25, 0.3) is 0 Å². The molecule has 0 spiro atoms. The van der Waals surface area contributed by atoms with E-state index in [9.17, 15) is 4.39 Å². The van der Waals surface area contributed by atoms with Gasteiger partial charge in [0.25, 0.3) is 0 Å². The first-order valence-electron chi connectivity index (χ1n) is 3.74. The lowest BCUT2D eigenvalue weighted by molar-refractivity contribution is 0.405. The third-order valence-electron chi connectivity index (χ3n) is 1.68. The van der Waals surface area contributed by atoms with Crippen molar-refractivity contribution >= 4 is 12.4 Å². The van der Waals surface area contributed by atoms with Crippen LogP contribution < -0.4 is 10.5 Å². The molecule has 13 heavy (non-hydrogen) atoms. The third-order valence-corrected chi connectivity index (χ3v) is 1.68. The first-order valence-corrected chi connectivity index (χ1v) is 3.74. The van der Waals surface area contributed by atoms with Crippen molar-refractivity contribution in [2.45, 2.75) is 13.0 Å². The van der Waals surface area contributed by atoms with Gasteiger partial charge in [0.15, 0.2) is 0 Å². The van der Waals surface area contributed by atoms with Crippen LogP contribution in [0.4, 0.5) is 4.39 Å². The van der Waals surface area contributed by atoms with Crippen LogP contribution in [0.3, 0.4) is 0 Å². The van der Waals surface area contributed by atoms with Gasteiger partial charge in [0.2, 0.25) is 0 Å². The Morgan fingerprint density at radius 1 is 1.46 bits per heavy atom.